The van der Waals surface area contributed by atoms with E-state index in [1.54, 1.807) is 0 Å². The highest BCUT2D eigenvalue weighted by atomic mass is 16.2. The van der Waals surface area contributed by atoms with E-state index in [0.29, 0.717) is 5.92 Å². The van der Waals surface area contributed by atoms with Gasteiger partial charge in [0.25, 0.3) is 5.91 Å². The van der Waals surface area contributed by atoms with Crippen molar-refractivity contribution >= 4 is 11.9 Å². The summed E-state index contributed by atoms with van der Waals surface area (Å²) in [5.74, 6) is -0.100. The molecule has 27 heavy (non-hydrogen) atoms. The zero-order valence-corrected chi connectivity index (χ0v) is 16.3. The minimum absolute atomic E-state index is 0.0736. The third kappa shape index (κ3) is 5.93. The van der Waals surface area contributed by atoms with Crippen LogP contribution in [0.15, 0.2) is 54.6 Å². The predicted octanol–water partition coefficient (Wildman–Crippen LogP) is 2.84. The molecule has 144 valence electrons. The smallest absolute Gasteiger partial charge is 0.319 e. The SMILES string of the molecule is CCCc1ccc([C@@H]([NH2+][C@@H](C(=O)NC(N)=O)c2ccccc2)C(C)C)cc1. The van der Waals surface area contributed by atoms with E-state index in [1.807, 2.05) is 35.6 Å². The van der Waals surface area contributed by atoms with Crippen LogP contribution in [0.25, 0.3) is 0 Å². The molecule has 3 amide bonds. The van der Waals surface area contributed by atoms with Gasteiger partial charge in [0.2, 0.25) is 0 Å². The molecule has 2 rings (SSSR count). The van der Waals surface area contributed by atoms with Crippen LogP contribution in [0, 0.1) is 5.92 Å². The maximum atomic E-state index is 12.6. The molecule has 0 saturated heterocycles. The molecule has 2 aromatic rings. The molecule has 0 aliphatic heterocycles. The molecule has 0 heterocycles. The van der Waals surface area contributed by atoms with Gasteiger partial charge in [-0.05, 0) is 12.0 Å². The Balaban J connectivity index is 2.30. The molecule has 5 N–H and O–H groups in total. The second kappa shape index (κ2) is 9.88. The molecule has 0 bridgehead atoms. The summed E-state index contributed by atoms with van der Waals surface area (Å²) >= 11 is 0. The molecule has 2 aromatic carbocycles. The first-order chi connectivity index (χ1) is 12.9. The van der Waals surface area contributed by atoms with Crippen molar-refractivity contribution in [1.82, 2.24) is 5.32 Å². The number of carbonyl (C=O) groups excluding carboxylic acids is 2. The Hall–Kier alpha value is -2.66. The summed E-state index contributed by atoms with van der Waals surface area (Å²) in [6, 6.07) is 16.7. The van der Waals surface area contributed by atoms with Gasteiger partial charge in [-0.25, -0.2) is 4.79 Å². The van der Waals surface area contributed by atoms with Gasteiger partial charge < -0.3 is 11.1 Å². The van der Waals surface area contributed by atoms with Gasteiger partial charge in [-0.1, -0.05) is 81.8 Å². The fourth-order valence-electron chi connectivity index (χ4n) is 3.33. The molecular formula is C22H30N3O2+. The van der Waals surface area contributed by atoms with Gasteiger partial charge in [0, 0.05) is 17.0 Å². The topological polar surface area (TPSA) is 88.8 Å². The number of urea groups is 1. The van der Waals surface area contributed by atoms with E-state index in [1.165, 1.54) is 5.56 Å². The average molecular weight is 369 g/mol. The highest BCUT2D eigenvalue weighted by Gasteiger charge is 2.31. The number of benzene rings is 2. The van der Waals surface area contributed by atoms with Gasteiger partial charge in [-0.3, -0.25) is 10.1 Å². The van der Waals surface area contributed by atoms with Crippen molar-refractivity contribution in [1.29, 1.82) is 0 Å². The number of quaternary nitrogens is 1. The van der Waals surface area contributed by atoms with Gasteiger partial charge in [-0.15, -0.1) is 0 Å². The van der Waals surface area contributed by atoms with Crippen LogP contribution in [0.2, 0.25) is 0 Å². The fraction of sp³-hybridized carbons (Fsp3) is 0.364. The number of carbonyl (C=O) groups is 2. The van der Waals surface area contributed by atoms with Crippen LogP contribution in [0.1, 0.15) is 56.0 Å². The number of amides is 3. The zero-order chi connectivity index (χ0) is 19.8. The highest BCUT2D eigenvalue weighted by molar-refractivity contribution is 5.96. The van der Waals surface area contributed by atoms with E-state index in [-0.39, 0.29) is 6.04 Å². The number of nitrogens with one attached hydrogen (secondary N) is 1. The lowest BCUT2D eigenvalue weighted by atomic mass is 9.92. The van der Waals surface area contributed by atoms with Crippen molar-refractivity contribution in [3.63, 3.8) is 0 Å². The second-order valence-electron chi connectivity index (χ2n) is 7.20. The van der Waals surface area contributed by atoms with Crippen LogP contribution < -0.4 is 16.4 Å². The fourth-order valence-corrected chi connectivity index (χ4v) is 3.33. The predicted molar refractivity (Wildman–Crippen MR) is 107 cm³/mol. The van der Waals surface area contributed by atoms with Crippen molar-refractivity contribution in [3.05, 3.63) is 71.3 Å². The first-order valence-corrected chi connectivity index (χ1v) is 9.51. The molecule has 0 saturated carbocycles. The van der Waals surface area contributed by atoms with Crippen LogP contribution in [0.5, 0.6) is 0 Å². The lowest BCUT2D eigenvalue weighted by Gasteiger charge is -2.25. The molecule has 0 spiro atoms. The Morgan fingerprint density at radius 1 is 1.00 bits per heavy atom. The van der Waals surface area contributed by atoms with E-state index in [4.69, 9.17) is 5.73 Å². The van der Waals surface area contributed by atoms with E-state index < -0.39 is 18.0 Å². The Morgan fingerprint density at radius 2 is 1.63 bits per heavy atom. The molecule has 0 unspecified atom stereocenters. The van der Waals surface area contributed by atoms with E-state index in [9.17, 15) is 9.59 Å². The number of hydrogen-bond donors (Lipinski definition) is 3. The molecule has 0 aliphatic rings. The van der Waals surface area contributed by atoms with Crippen molar-refractivity contribution in [2.24, 2.45) is 11.7 Å². The third-order valence-electron chi connectivity index (χ3n) is 4.71. The van der Waals surface area contributed by atoms with Crippen LogP contribution in [-0.2, 0) is 11.2 Å². The number of primary amides is 1. The highest BCUT2D eigenvalue weighted by Crippen LogP contribution is 2.21. The molecule has 0 fully saturated rings. The second-order valence-corrected chi connectivity index (χ2v) is 7.20. The minimum atomic E-state index is -0.834. The molecule has 2 atom stereocenters. The van der Waals surface area contributed by atoms with Gasteiger partial charge in [0.1, 0.15) is 6.04 Å². The number of hydrogen-bond acceptors (Lipinski definition) is 2. The first kappa shape index (κ1) is 20.6. The summed E-state index contributed by atoms with van der Waals surface area (Å²) in [5, 5.41) is 4.25. The molecule has 0 aliphatic carbocycles. The lowest BCUT2D eigenvalue weighted by Crippen LogP contribution is -2.89. The van der Waals surface area contributed by atoms with Crippen molar-refractivity contribution in [3.8, 4) is 0 Å². The lowest BCUT2D eigenvalue weighted by molar-refractivity contribution is -0.728. The molecule has 5 nitrogen and oxygen atoms in total. The third-order valence-corrected chi connectivity index (χ3v) is 4.71. The average Bonchev–Trinajstić information content (AvgIpc) is 2.63. The zero-order valence-electron chi connectivity index (χ0n) is 16.3. The van der Waals surface area contributed by atoms with Crippen LogP contribution in [-0.4, -0.2) is 11.9 Å². The summed E-state index contributed by atoms with van der Waals surface area (Å²) < 4.78 is 0. The Kier molecular flexibility index (Phi) is 7.55. The Morgan fingerprint density at radius 3 is 2.15 bits per heavy atom. The van der Waals surface area contributed by atoms with Crippen LogP contribution in [0.4, 0.5) is 4.79 Å². The largest absolute Gasteiger partial charge is 0.351 e. The van der Waals surface area contributed by atoms with Gasteiger partial charge in [0.15, 0.2) is 6.04 Å². The number of aryl methyl sites for hydroxylation is 1. The summed E-state index contributed by atoms with van der Waals surface area (Å²) in [6.45, 7) is 6.44. The van der Waals surface area contributed by atoms with E-state index in [2.05, 4.69) is 50.4 Å². The van der Waals surface area contributed by atoms with Gasteiger partial charge in [0.05, 0.1) is 0 Å². The quantitative estimate of drug-likeness (QED) is 0.669. The molecule has 0 radical (unpaired) electrons. The monoisotopic (exact) mass is 368 g/mol. The summed E-state index contributed by atoms with van der Waals surface area (Å²) in [6.07, 6.45) is 2.17. The standard InChI is InChI=1S/C22H29N3O2/c1-4-8-16-11-13-18(14-12-16)19(15(2)3)24-20(21(26)25-22(23)27)17-9-6-5-7-10-17/h5-7,9-15,19-20,24H,4,8H2,1-3H3,(H3,23,25,26,27)/p+1/t19-,20+/m0/s1. The number of rotatable bonds is 8. The maximum Gasteiger partial charge on any atom is 0.319 e. The molecule has 5 heteroatoms. The van der Waals surface area contributed by atoms with Crippen LogP contribution in [0.3, 0.4) is 0 Å². The van der Waals surface area contributed by atoms with Gasteiger partial charge in [-0.2, -0.15) is 0 Å². The molecule has 0 aromatic heterocycles. The van der Waals surface area contributed by atoms with Crippen LogP contribution >= 0.6 is 0 Å². The Labute approximate surface area is 161 Å². The summed E-state index contributed by atoms with van der Waals surface area (Å²) in [5.41, 5.74) is 8.49. The van der Waals surface area contributed by atoms with Crippen molar-refractivity contribution < 1.29 is 14.9 Å². The van der Waals surface area contributed by atoms with E-state index in [0.717, 1.165) is 24.0 Å². The molecular weight excluding hydrogens is 338 g/mol. The first-order valence-electron chi connectivity index (χ1n) is 9.51. The van der Waals surface area contributed by atoms with E-state index >= 15 is 0 Å². The van der Waals surface area contributed by atoms with Crippen molar-refractivity contribution in [2.45, 2.75) is 45.7 Å². The maximum absolute atomic E-state index is 12.6. The minimum Gasteiger partial charge on any atom is -0.351 e. The summed E-state index contributed by atoms with van der Waals surface area (Å²) in [7, 11) is 0. The van der Waals surface area contributed by atoms with Crippen molar-refractivity contribution in [2.75, 3.05) is 0 Å². The normalized spacial score (nSPS) is 13.2. The number of imide groups is 1. The Bertz CT molecular complexity index is 742. The number of nitrogens with two attached hydrogens (primary N) is 2. The van der Waals surface area contributed by atoms with Gasteiger partial charge >= 0.3 is 6.03 Å². The summed E-state index contributed by atoms with van der Waals surface area (Å²) in [4.78, 5) is 23.9.